The third-order valence-electron chi connectivity index (χ3n) is 0. The van der Waals surface area contributed by atoms with Crippen LogP contribution in [0, 0.1) is 0 Å². The Morgan fingerprint density at radius 3 is 0.500 bits per heavy atom. The zero-order chi connectivity index (χ0) is 12.8. The van der Waals surface area contributed by atoms with Gasteiger partial charge in [-0.25, -0.2) is 0 Å². The van der Waals surface area contributed by atoms with Crippen LogP contribution in [0.2, 0.25) is 0 Å². The molecule has 0 fully saturated rings. The molecule has 0 aliphatic carbocycles. The summed E-state index contributed by atoms with van der Waals surface area (Å²) in [6, 6.07) is 0. The molecule has 0 atom stereocenters. The van der Waals surface area contributed by atoms with Crippen LogP contribution in [0.5, 0.6) is 0 Å². The molecule has 0 spiro atoms. The van der Waals surface area contributed by atoms with Gasteiger partial charge in [0.2, 0.25) is 0 Å². The molecule has 0 saturated heterocycles. The Bertz CT molecular complexity index is 157. The Hall–Kier alpha value is 0.448. The second-order valence-electron chi connectivity index (χ2n) is 1.77. The molecule has 96 valence electrons. The van der Waals surface area contributed by atoms with E-state index >= 15 is 0 Å². The molecule has 0 aromatic carbocycles. The fraction of sp³-hybridized carbons (Fsp3) is 0. The minimum atomic E-state index is -11.1. The first-order chi connectivity index (χ1) is 4.90. The van der Waals surface area contributed by atoms with E-state index in [-0.39, 0.29) is 0 Å². The molecule has 0 rings (SSSR count). The van der Waals surface area contributed by atoms with E-state index in [0.29, 0.717) is 0 Å². The van der Waals surface area contributed by atoms with Gasteiger partial charge >= 0.3 is 71.2 Å². The molecule has 0 amide bonds. The third-order valence-corrected chi connectivity index (χ3v) is 0. The molecule has 0 aromatic heterocycles. The van der Waals surface area contributed by atoms with Gasteiger partial charge in [0.05, 0.1) is 0 Å². The van der Waals surface area contributed by atoms with E-state index < -0.39 is 33.3 Å². The number of halogens is 13. The van der Waals surface area contributed by atoms with Crippen LogP contribution >= 0.6 is 0 Å². The summed E-state index contributed by atoms with van der Waals surface area (Å²) < 4.78 is 119. The van der Waals surface area contributed by atoms with Gasteiger partial charge in [-0.2, -0.15) is 0 Å². The van der Waals surface area contributed by atoms with Gasteiger partial charge in [0.25, 0.3) is 0 Å². The van der Waals surface area contributed by atoms with Gasteiger partial charge in [-0.15, -0.1) is 0 Å². The fourth-order valence-electron chi connectivity index (χ4n) is 0. The molecule has 0 heterocycles. The molecule has 0 aromatic rings. The minimum absolute atomic E-state index is 9.91. The van der Waals surface area contributed by atoms with Crippen LogP contribution in [-0.2, 0) is 0 Å². The monoisotopic (exact) mass is 430 g/mol. The number of hydrogen-bond donors (Lipinski definition) is 0. The van der Waals surface area contributed by atoms with Crippen molar-refractivity contribution in [3.8, 4) is 0 Å². The van der Waals surface area contributed by atoms with Crippen molar-refractivity contribution in [2.45, 2.75) is 0 Å². The molecule has 0 unspecified atom stereocenters. The van der Waals surface area contributed by atoms with Gasteiger partial charge in [-0.05, 0) is 0 Å². The summed E-state index contributed by atoms with van der Waals surface area (Å²) in [5.41, 5.74) is 0. The SMILES string of the molecule is F[As-](F)(F)(F)(F)F.F[I+](F)(F)(F)(F)F. The van der Waals surface area contributed by atoms with Crippen molar-refractivity contribution >= 4 is 14.2 Å². The summed E-state index contributed by atoms with van der Waals surface area (Å²) in [5, 5.41) is 0. The van der Waals surface area contributed by atoms with Gasteiger partial charge < -0.3 is 0 Å². The summed E-state index contributed by atoms with van der Waals surface area (Å²) >= 11 is -22.2. The molecule has 0 N–H and O–H groups in total. The quantitative estimate of drug-likeness (QED) is 0.312. The van der Waals surface area contributed by atoms with E-state index in [4.69, 9.17) is 0 Å². The second-order valence-corrected chi connectivity index (χ2v) is 10.4. The molecule has 0 aliphatic heterocycles. The van der Waals surface area contributed by atoms with E-state index in [9.17, 15) is 38.0 Å². The van der Waals surface area contributed by atoms with Crippen LogP contribution < -0.4 is 19.1 Å². The maximum absolute atomic E-state index is 11.1. The van der Waals surface area contributed by atoms with E-state index in [0.717, 1.165) is 0 Å². The predicted octanol–water partition coefficient (Wildman–Crippen LogP) is 1.67. The summed E-state index contributed by atoms with van der Waals surface area (Å²) in [6.07, 6.45) is 0. The standard InChI is InChI=1S/AsF6.F6I/c2-1(3,4,5,6)7;1-7(2,3,4,5)6/q-1;+1. The first-order valence-electron chi connectivity index (χ1n) is 1.87. The summed E-state index contributed by atoms with van der Waals surface area (Å²) in [6.45, 7) is 0. The van der Waals surface area contributed by atoms with E-state index in [1.807, 2.05) is 0 Å². The van der Waals surface area contributed by atoms with Crippen LogP contribution in [0.1, 0.15) is 0 Å². The van der Waals surface area contributed by atoms with Crippen LogP contribution in [0.25, 0.3) is 0 Å². The van der Waals surface area contributed by atoms with Crippen LogP contribution in [0.3, 0.4) is 0 Å². The van der Waals surface area contributed by atoms with Gasteiger partial charge in [-0.1, -0.05) is 0 Å². The molecule has 0 bridgehead atoms. The molecule has 0 aliphatic rings. The average Bonchev–Trinajstić information content (AvgIpc) is 0.938. The average molecular weight is 430 g/mol. The third kappa shape index (κ3) is 8110. The van der Waals surface area contributed by atoms with Gasteiger partial charge in [-0.3, -0.25) is 0 Å². The Kier molecular flexibility index (Phi) is 2.71. The van der Waals surface area contributed by atoms with Crippen LogP contribution in [0.4, 0.5) is 38.0 Å². The Labute approximate surface area is 71.5 Å². The normalized spacial score (nSPS) is 23.1. The van der Waals surface area contributed by atoms with E-state index in [1.165, 1.54) is 0 Å². The summed E-state index contributed by atoms with van der Waals surface area (Å²) in [7, 11) is 0. The van der Waals surface area contributed by atoms with Crippen LogP contribution in [-0.4, -0.2) is 14.2 Å². The first-order valence-corrected chi connectivity index (χ1v) is 11.0. The van der Waals surface area contributed by atoms with Crippen molar-refractivity contribution in [3.05, 3.63) is 0 Å². The topological polar surface area (TPSA) is 0 Å². The zero-order valence-electron chi connectivity index (χ0n) is 5.36. The van der Waals surface area contributed by atoms with E-state index in [1.54, 1.807) is 0 Å². The van der Waals surface area contributed by atoms with Crippen LogP contribution in [0.15, 0.2) is 0 Å². The molecule has 0 nitrogen and oxygen atoms in total. The van der Waals surface area contributed by atoms with Crippen molar-refractivity contribution in [1.82, 2.24) is 0 Å². The van der Waals surface area contributed by atoms with Crippen molar-refractivity contribution in [2.75, 3.05) is 0 Å². The maximum atomic E-state index is 9.91. The molecular weight excluding hydrogens is 430 g/mol. The first kappa shape index (κ1) is 16.9. The molecule has 0 saturated carbocycles. The Morgan fingerprint density at radius 2 is 0.500 bits per heavy atom. The van der Waals surface area contributed by atoms with Crippen molar-refractivity contribution < 1.29 is 57.1 Å². The van der Waals surface area contributed by atoms with Crippen molar-refractivity contribution in [1.29, 1.82) is 0 Å². The zero-order valence-corrected chi connectivity index (χ0v) is 9.39. The van der Waals surface area contributed by atoms with Crippen molar-refractivity contribution in [3.63, 3.8) is 0 Å². The Morgan fingerprint density at radius 1 is 0.500 bits per heavy atom. The molecular formula is AsF12I. The Balaban J connectivity index is 0. The van der Waals surface area contributed by atoms with Gasteiger partial charge in [0.15, 0.2) is 0 Å². The summed E-state index contributed by atoms with van der Waals surface area (Å²) in [4.78, 5) is 0. The molecule has 14 heteroatoms. The second kappa shape index (κ2) is 2.25. The number of hydrogen-bond acceptors (Lipinski definition) is 0. The number of rotatable bonds is 0. The molecule has 0 radical (unpaired) electrons. The fourth-order valence-corrected chi connectivity index (χ4v) is 0. The van der Waals surface area contributed by atoms with Gasteiger partial charge in [0, 0.05) is 0 Å². The van der Waals surface area contributed by atoms with E-state index in [2.05, 4.69) is 0 Å². The summed E-state index contributed by atoms with van der Waals surface area (Å²) in [5.74, 6) is 0. The van der Waals surface area contributed by atoms with Gasteiger partial charge in [0.1, 0.15) is 0 Å². The van der Waals surface area contributed by atoms with Crippen molar-refractivity contribution in [2.24, 2.45) is 0 Å². The predicted molar refractivity (Wildman–Crippen MR) is 19.1 cm³/mol. The molecule has 14 heavy (non-hydrogen) atoms.